The second-order valence-corrected chi connectivity index (χ2v) is 5.08. The van der Waals surface area contributed by atoms with Crippen LogP contribution in [0.5, 0.6) is 0 Å². The minimum atomic E-state index is -0.700. The summed E-state index contributed by atoms with van der Waals surface area (Å²) in [5, 5.41) is 13.0. The van der Waals surface area contributed by atoms with Crippen molar-refractivity contribution in [2.45, 2.75) is 0 Å². The molecule has 1 amide bonds. The van der Waals surface area contributed by atoms with E-state index in [-0.39, 0.29) is 26.6 Å². The second-order valence-electron chi connectivity index (χ2n) is 3.87. The molecule has 0 fully saturated rings. The third-order valence-electron chi connectivity index (χ3n) is 2.45. The van der Waals surface area contributed by atoms with Crippen LogP contribution in [0.2, 0.25) is 5.15 Å². The van der Waals surface area contributed by atoms with Gasteiger partial charge in [-0.1, -0.05) is 11.6 Å². The molecule has 0 saturated carbocycles. The van der Waals surface area contributed by atoms with Crippen molar-refractivity contribution in [3.05, 3.63) is 61.6 Å². The molecule has 108 valence electrons. The largest absolute Gasteiger partial charge is 0.322 e. The summed E-state index contributed by atoms with van der Waals surface area (Å²) < 4.78 is 13.3. The number of carbonyl (C=O) groups excluding carboxylic acids is 1. The van der Waals surface area contributed by atoms with Gasteiger partial charge < -0.3 is 5.32 Å². The zero-order valence-corrected chi connectivity index (χ0v) is 12.5. The maximum atomic E-state index is 13.1. The predicted molar refractivity (Wildman–Crippen MR) is 78.0 cm³/mol. The molecule has 0 aliphatic heterocycles. The Morgan fingerprint density at radius 2 is 2.14 bits per heavy atom. The summed E-state index contributed by atoms with van der Waals surface area (Å²) in [5.41, 5.74) is 0.0161. The van der Waals surface area contributed by atoms with Crippen molar-refractivity contribution < 1.29 is 14.1 Å². The van der Waals surface area contributed by atoms with E-state index in [1.807, 2.05) is 0 Å². The predicted octanol–water partition coefficient (Wildman–Crippen LogP) is 3.80. The molecule has 1 aromatic heterocycles. The smallest absolute Gasteiger partial charge is 0.283 e. The van der Waals surface area contributed by atoms with E-state index in [2.05, 4.69) is 26.2 Å². The van der Waals surface area contributed by atoms with Crippen LogP contribution in [0.25, 0.3) is 0 Å². The van der Waals surface area contributed by atoms with Gasteiger partial charge in [0.2, 0.25) is 0 Å². The number of halogens is 3. The van der Waals surface area contributed by atoms with Crippen molar-refractivity contribution in [3.63, 3.8) is 0 Å². The first-order valence-corrected chi connectivity index (χ1v) is 6.62. The Labute approximate surface area is 131 Å². The maximum Gasteiger partial charge on any atom is 0.283 e. The van der Waals surface area contributed by atoms with Gasteiger partial charge in [0.1, 0.15) is 11.0 Å². The van der Waals surface area contributed by atoms with E-state index in [4.69, 9.17) is 11.6 Å². The highest BCUT2D eigenvalue weighted by Gasteiger charge is 2.16. The zero-order chi connectivity index (χ0) is 15.6. The van der Waals surface area contributed by atoms with Crippen LogP contribution in [0.15, 0.2) is 34.9 Å². The number of benzene rings is 1. The topological polar surface area (TPSA) is 85.1 Å². The fraction of sp³-hybridized carbons (Fsp3) is 0. The third kappa shape index (κ3) is 3.53. The van der Waals surface area contributed by atoms with Crippen LogP contribution in [0, 0.1) is 15.9 Å². The molecule has 2 aromatic rings. The van der Waals surface area contributed by atoms with Gasteiger partial charge >= 0.3 is 0 Å². The Kier molecular flexibility index (Phi) is 4.49. The molecule has 1 heterocycles. The number of nitro benzene ring substituents is 1. The fourth-order valence-corrected chi connectivity index (χ4v) is 2.23. The number of pyridine rings is 1. The van der Waals surface area contributed by atoms with E-state index in [9.17, 15) is 19.3 Å². The summed E-state index contributed by atoms with van der Waals surface area (Å²) in [6.45, 7) is 0. The molecule has 21 heavy (non-hydrogen) atoms. The number of nitro groups is 1. The van der Waals surface area contributed by atoms with Crippen LogP contribution < -0.4 is 5.32 Å². The minimum absolute atomic E-state index is 0.133. The molecular formula is C12H6BrClFN3O3. The average Bonchev–Trinajstić information content (AvgIpc) is 2.41. The van der Waals surface area contributed by atoms with Gasteiger partial charge in [-0.25, -0.2) is 9.37 Å². The van der Waals surface area contributed by atoms with Crippen LogP contribution in [0.3, 0.4) is 0 Å². The molecule has 0 saturated heterocycles. The molecule has 6 nitrogen and oxygen atoms in total. The number of hydrogen-bond acceptors (Lipinski definition) is 4. The molecule has 1 aromatic carbocycles. The van der Waals surface area contributed by atoms with E-state index >= 15 is 0 Å². The molecule has 1 N–H and O–H groups in total. The second kappa shape index (κ2) is 6.15. The SMILES string of the molecule is O=C(Nc1ccc([N+](=O)[O-])c(Br)c1)c1cc(F)cnc1Cl. The fourth-order valence-electron chi connectivity index (χ4n) is 1.51. The summed E-state index contributed by atoms with van der Waals surface area (Å²) >= 11 is 8.75. The van der Waals surface area contributed by atoms with Crippen molar-refractivity contribution in [2.75, 3.05) is 5.32 Å². The van der Waals surface area contributed by atoms with Crippen LogP contribution >= 0.6 is 27.5 Å². The number of nitrogens with one attached hydrogen (secondary N) is 1. The summed E-state index contributed by atoms with van der Waals surface area (Å²) in [6.07, 6.45) is 0.890. The van der Waals surface area contributed by atoms with Gasteiger partial charge in [0, 0.05) is 11.8 Å². The van der Waals surface area contributed by atoms with E-state index in [1.165, 1.54) is 18.2 Å². The molecule has 0 unspecified atom stereocenters. The molecular weight excluding hydrogens is 369 g/mol. The lowest BCUT2D eigenvalue weighted by Crippen LogP contribution is -2.13. The van der Waals surface area contributed by atoms with Gasteiger partial charge in [0.25, 0.3) is 11.6 Å². The Bertz CT molecular complexity index is 742. The first-order chi connectivity index (χ1) is 9.88. The van der Waals surface area contributed by atoms with E-state index in [1.54, 1.807) is 0 Å². The Hall–Kier alpha value is -2.06. The van der Waals surface area contributed by atoms with Crippen LogP contribution in [-0.4, -0.2) is 15.8 Å². The van der Waals surface area contributed by atoms with Gasteiger partial charge in [-0.15, -0.1) is 0 Å². The number of carbonyl (C=O) groups is 1. The Balaban J connectivity index is 2.26. The van der Waals surface area contributed by atoms with Crippen LogP contribution in [0.4, 0.5) is 15.8 Å². The number of rotatable bonds is 3. The summed E-state index contributed by atoms with van der Waals surface area (Å²) in [7, 11) is 0. The van der Waals surface area contributed by atoms with Gasteiger partial charge in [-0.3, -0.25) is 14.9 Å². The van der Waals surface area contributed by atoms with Crippen LogP contribution in [0.1, 0.15) is 10.4 Å². The van der Waals surface area contributed by atoms with Gasteiger partial charge in [-0.2, -0.15) is 0 Å². The lowest BCUT2D eigenvalue weighted by atomic mass is 10.2. The summed E-state index contributed by atoms with van der Waals surface area (Å²) in [5.74, 6) is -1.37. The number of hydrogen-bond donors (Lipinski definition) is 1. The van der Waals surface area contributed by atoms with E-state index in [0.717, 1.165) is 12.3 Å². The van der Waals surface area contributed by atoms with Crippen molar-refractivity contribution in [1.29, 1.82) is 0 Å². The molecule has 0 radical (unpaired) electrons. The average molecular weight is 375 g/mol. The Morgan fingerprint density at radius 3 is 2.76 bits per heavy atom. The molecule has 0 atom stereocenters. The number of amides is 1. The van der Waals surface area contributed by atoms with Crippen molar-refractivity contribution in [3.8, 4) is 0 Å². The number of nitrogens with zero attached hydrogens (tertiary/aromatic N) is 2. The quantitative estimate of drug-likeness (QED) is 0.503. The third-order valence-corrected chi connectivity index (χ3v) is 3.39. The van der Waals surface area contributed by atoms with Gasteiger partial charge in [0.15, 0.2) is 0 Å². The highest BCUT2D eigenvalue weighted by molar-refractivity contribution is 9.10. The lowest BCUT2D eigenvalue weighted by molar-refractivity contribution is -0.385. The zero-order valence-electron chi connectivity index (χ0n) is 10.1. The minimum Gasteiger partial charge on any atom is -0.322 e. The summed E-state index contributed by atoms with van der Waals surface area (Å²) in [4.78, 5) is 25.6. The van der Waals surface area contributed by atoms with Crippen LogP contribution in [-0.2, 0) is 0 Å². The first kappa shape index (κ1) is 15.3. The first-order valence-electron chi connectivity index (χ1n) is 5.45. The van der Waals surface area contributed by atoms with Gasteiger partial charge in [-0.05, 0) is 34.1 Å². The van der Waals surface area contributed by atoms with E-state index < -0.39 is 16.6 Å². The van der Waals surface area contributed by atoms with Gasteiger partial charge in [0.05, 0.1) is 21.2 Å². The number of anilines is 1. The molecule has 0 aliphatic rings. The van der Waals surface area contributed by atoms with Crippen molar-refractivity contribution in [2.24, 2.45) is 0 Å². The highest BCUT2D eigenvalue weighted by atomic mass is 79.9. The molecule has 0 spiro atoms. The normalized spacial score (nSPS) is 10.2. The standard InChI is InChI=1S/C12H6BrClFN3O3/c13-9-4-7(1-2-10(9)18(20)21)17-12(19)8-3-6(15)5-16-11(8)14/h1-5H,(H,17,19). The monoisotopic (exact) mass is 373 g/mol. The van der Waals surface area contributed by atoms with Crippen molar-refractivity contribution >= 4 is 44.8 Å². The number of aromatic nitrogens is 1. The molecule has 9 heteroatoms. The molecule has 0 aliphatic carbocycles. The highest BCUT2D eigenvalue weighted by Crippen LogP contribution is 2.28. The summed E-state index contributed by atoms with van der Waals surface area (Å²) in [6, 6.07) is 4.88. The van der Waals surface area contributed by atoms with Crippen molar-refractivity contribution in [1.82, 2.24) is 4.98 Å². The molecule has 0 bridgehead atoms. The maximum absolute atomic E-state index is 13.1. The Morgan fingerprint density at radius 1 is 1.43 bits per heavy atom. The van der Waals surface area contributed by atoms with E-state index in [0.29, 0.717) is 0 Å². The molecule has 2 rings (SSSR count). The lowest BCUT2D eigenvalue weighted by Gasteiger charge is -2.07.